The van der Waals surface area contributed by atoms with Crippen LogP contribution < -0.4 is 4.90 Å². The number of benzene rings is 2. The topological polar surface area (TPSA) is 3.24 Å². The zero-order chi connectivity index (χ0) is 16.0. The molecule has 1 nitrogen and oxygen atoms in total. The Labute approximate surface area is 139 Å². The van der Waals surface area contributed by atoms with Crippen molar-refractivity contribution in [2.24, 2.45) is 0 Å². The molecule has 0 N–H and O–H groups in total. The highest BCUT2D eigenvalue weighted by Crippen LogP contribution is 2.48. The van der Waals surface area contributed by atoms with Gasteiger partial charge in [0.25, 0.3) is 0 Å². The van der Waals surface area contributed by atoms with Gasteiger partial charge >= 0.3 is 0 Å². The van der Waals surface area contributed by atoms with E-state index in [0.29, 0.717) is 0 Å². The number of fused-ring (bicyclic) bond motifs is 3. The highest BCUT2D eigenvalue weighted by Gasteiger charge is 2.39. The third-order valence-corrected chi connectivity index (χ3v) is 5.70. The van der Waals surface area contributed by atoms with Gasteiger partial charge in [-0.25, -0.2) is 0 Å². The molecule has 2 unspecified atom stereocenters. The summed E-state index contributed by atoms with van der Waals surface area (Å²) >= 11 is 0. The number of hydrogen-bond donors (Lipinski definition) is 0. The molecule has 1 saturated carbocycles. The summed E-state index contributed by atoms with van der Waals surface area (Å²) in [5.41, 5.74) is 8.31. The zero-order valence-electron chi connectivity index (χ0n) is 14.3. The molecule has 2 aliphatic rings. The summed E-state index contributed by atoms with van der Waals surface area (Å²) in [5.74, 6) is 0.753. The van der Waals surface area contributed by atoms with Gasteiger partial charge in [-0.15, -0.1) is 0 Å². The number of anilines is 1. The summed E-state index contributed by atoms with van der Waals surface area (Å²) in [5, 5.41) is 0. The lowest BCUT2D eigenvalue weighted by Crippen LogP contribution is -2.26. The number of likely N-dealkylation sites (N-methyl/N-ethyl adjacent to an activating group) is 1. The molecule has 0 radical (unpaired) electrons. The highest BCUT2D eigenvalue weighted by atomic mass is 15.2. The van der Waals surface area contributed by atoms with Crippen LogP contribution in [0.2, 0.25) is 0 Å². The first-order valence-electron chi connectivity index (χ1n) is 8.75. The lowest BCUT2D eigenvalue weighted by Gasteiger charge is -2.21. The van der Waals surface area contributed by atoms with Gasteiger partial charge in [-0.05, 0) is 61.1 Å². The molecule has 1 heterocycles. The Bertz CT molecular complexity index is 754. The SMILES string of the molecule is CC(=Cc1ccc2c(c1)C1CCCC1N2C)c1ccc(C)cc1. The monoisotopic (exact) mass is 303 g/mol. The number of rotatable bonds is 2. The maximum Gasteiger partial charge on any atom is 0.0402 e. The van der Waals surface area contributed by atoms with E-state index in [2.05, 4.69) is 74.3 Å². The molecule has 2 aromatic rings. The van der Waals surface area contributed by atoms with E-state index in [1.807, 2.05) is 0 Å². The minimum atomic E-state index is 0.738. The van der Waals surface area contributed by atoms with Crippen LogP contribution in [0.4, 0.5) is 5.69 Å². The van der Waals surface area contributed by atoms with E-state index in [4.69, 9.17) is 0 Å². The molecule has 1 aliphatic heterocycles. The minimum Gasteiger partial charge on any atom is -0.371 e. The van der Waals surface area contributed by atoms with Gasteiger partial charge in [0.15, 0.2) is 0 Å². The third kappa shape index (κ3) is 2.49. The van der Waals surface area contributed by atoms with Gasteiger partial charge in [-0.2, -0.15) is 0 Å². The second-order valence-electron chi connectivity index (χ2n) is 7.23. The zero-order valence-corrected chi connectivity index (χ0v) is 14.3. The van der Waals surface area contributed by atoms with Gasteiger partial charge in [-0.1, -0.05) is 48.4 Å². The number of hydrogen-bond acceptors (Lipinski definition) is 1. The van der Waals surface area contributed by atoms with Crippen molar-refractivity contribution >= 4 is 17.3 Å². The lowest BCUT2D eigenvalue weighted by atomic mass is 9.95. The highest BCUT2D eigenvalue weighted by molar-refractivity contribution is 5.81. The predicted octanol–water partition coefficient (Wildman–Crippen LogP) is 5.64. The van der Waals surface area contributed by atoms with Gasteiger partial charge < -0.3 is 4.90 Å². The van der Waals surface area contributed by atoms with Crippen molar-refractivity contribution in [3.05, 3.63) is 64.7 Å². The summed E-state index contributed by atoms with van der Waals surface area (Å²) in [4.78, 5) is 2.51. The lowest BCUT2D eigenvalue weighted by molar-refractivity contribution is 0.625. The summed E-state index contributed by atoms with van der Waals surface area (Å²) in [6, 6.07) is 16.6. The van der Waals surface area contributed by atoms with Crippen molar-refractivity contribution in [1.82, 2.24) is 0 Å². The summed E-state index contributed by atoms with van der Waals surface area (Å²) in [6.07, 6.45) is 6.41. The van der Waals surface area contributed by atoms with Gasteiger partial charge in [0.1, 0.15) is 0 Å². The van der Waals surface area contributed by atoms with E-state index in [1.165, 1.54) is 47.2 Å². The molecule has 4 rings (SSSR count). The molecule has 0 saturated heterocycles. The average molecular weight is 303 g/mol. The van der Waals surface area contributed by atoms with E-state index in [-0.39, 0.29) is 0 Å². The molecule has 1 fully saturated rings. The molecule has 0 amide bonds. The standard InChI is InChI=1S/C22H25N/c1-15-7-10-18(11-8-15)16(2)13-17-9-12-22-20(14-17)19-5-4-6-21(19)23(22)3/h7-14,19,21H,4-6H2,1-3H3. The number of nitrogens with zero attached hydrogens (tertiary/aromatic N) is 1. The molecule has 118 valence electrons. The molecule has 0 bridgehead atoms. The van der Waals surface area contributed by atoms with Gasteiger partial charge in [-0.3, -0.25) is 0 Å². The normalized spacial score (nSPS) is 23.1. The molecular formula is C22H25N. The largest absolute Gasteiger partial charge is 0.371 e. The molecule has 23 heavy (non-hydrogen) atoms. The second-order valence-corrected chi connectivity index (χ2v) is 7.23. The summed E-state index contributed by atoms with van der Waals surface area (Å²) < 4.78 is 0. The third-order valence-electron chi connectivity index (χ3n) is 5.70. The molecule has 2 aromatic carbocycles. The Morgan fingerprint density at radius 3 is 2.65 bits per heavy atom. The minimum absolute atomic E-state index is 0.738. The van der Waals surface area contributed by atoms with Gasteiger partial charge in [0.2, 0.25) is 0 Å². The van der Waals surface area contributed by atoms with Crippen LogP contribution in [0.15, 0.2) is 42.5 Å². The van der Waals surface area contributed by atoms with Crippen molar-refractivity contribution in [2.45, 2.75) is 45.1 Å². The van der Waals surface area contributed by atoms with Gasteiger partial charge in [0.05, 0.1) is 0 Å². The quantitative estimate of drug-likeness (QED) is 0.649. The van der Waals surface area contributed by atoms with E-state index in [0.717, 1.165) is 12.0 Å². The van der Waals surface area contributed by atoms with Crippen LogP contribution in [-0.4, -0.2) is 13.1 Å². The first kappa shape index (κ1) is 14.6. The van der Waals surface area contributed by atoms with Crippen LogP contribution in [0.25, 0.3) is 11.6 Å². The fraction of sp³-hybridized carbons (Fsp3) is 0.364. The Hall–Kier alpha value is -2.02. The summed E-state index contributed by atoms with van der Waals surface area (Å²) in [6.45, 7) is 4.35. The van der Waals surface area contributed by atoms with Crippen molar-refractivity contribution in [3.63, 3.8) is 0 Å². The van der Waals surface area contributed by atoms with Crippen molar-refractivity contribution in [2.75, 3.05) is 11.9 Å². The van der Waals surface area contributed by atoms with Crippen LogP contribution >= 0.6 is 0 Å². The van der Waals surface area contributed by atoms with E-state index in [9.17, 15) is 0 Å². The van der Waals surface area contributed by atoms with Gasteiger partial charge in [0, 0.05) is 24.7 Å². The van der Waals surface area contributed by atoms with E-state index in [1.54, 1.807) is 5.56 Å². The Kier molecular flexibility index (Phi) is 3.52. The fourth-order valence-corrected chi connectivity index (χ4v) is 4.38. The number of aryl methyl sites for hydroxylation is 1. The van der Waals surface area contributed by atoms with E-state index >= 15 is 0 Å². The smallest absolute Gasteiger partial charge is 0.0402 e. The van der Waals surface area contributed by atoms with Crippen LogP contribution in [0.3, 0.4) is 0 Å². The first-order chi connectivity index (χ1) is 11.1. The maximum atomic E-state index is 2.51. The molecule has 0 spiro atoms. The Morgan fingerprint density at radius 1 is 1.09 bits per heavy atom. The Balaban J connectivity index is 1.67. The number of allylic oxidation sites excluding steroid dienone is 1. The van der Waals surface area contributed by atoms with Crippen molar-refractivity contribution < 1.29 is 0 Å². The maximum absolute atomic E-state index is 2.51. The van der Waals surface area contributed by atoms with Crippen LogP contribution in [-0.2, 0) is 0 Å². The molecule has 1 heteroatoms. The van der Waals surface area contributed by atoms with Crippen molar-refractivity contribution in [3.8, 4) is 0 Å². The molecule has 2 atom stereocenters. The molecular weight excluding hydrogens is 278 g/mol. The van der Waals surface area contributed by atoms with Crippen LogP contribution in [0.5, 0.6) is 0 Å². The van der Waals surface area contributed by atoms with E-state index < -0.39 is 0 Å². The second kappa shape index (κ2) is 5.56. The molecule has 1 aliphatic carbocycles. The molecule has 0 aromatic heterocycles. The average Bonchev–Trinajstić information content (AvgIpc) is 3.12. The van der Waals surface area contributed by atoms with Crippen LogP contribution in [0.1, 0.15) is 54.4 Å². The summed E-state index contributed by atoms with van der Waals surface area (Å²) in [7, 11) is 2.27. The predicted molar refractivity (Wildman–Crippen MR) is 99.9 cm³/mol. The van der Waals surface area contributed by atoms with Crippen LogP contribution in [0, 0.1) is 6.92 Å². The van der Waals surface area contributed by atoms with Crippen molar-refractivity contribution in [1.29, 1.82) is 0 Å². The fourth-order valence-electron chi connectivity index (χ4n) is 4.38. The Morgan fingerprint density at radius 2 is 1.87 bits per heavy atom. The first-order valence-corrected chi connectivity index (χ1v) is 8.75.